The number of aliphatic imine (C=N–C) groups is 1. The molecule has 2 aromatic carbocycles. The molecule has 0 spiro atoms. The van der Waals surface area contributed by atoms with E-state index in [-0.39, 0.29) is 0 Å². The summed E-state index contributed by atoms with van der Waals surface area (Å²) >= 11 is 1.88. The number of hydrogen-bond donors (Lipinski definition) is 1. The SMILES string of the molecule is C[C@H](CN(C)C)N1c2ccccc2Sc2ccc(C3=NC4CCCCC4N3)cc21. The zero-order valence-electron chi connectivity index (χ0n) is 17.6. The lowest BCUT2D eigenvalue weighted by Gasteiger charge is -2.38. The van der Waals surface area contributed by atoms with Crippen LogP contribution in [0, 0.1) is 0 Å². The van der Waals surface area contributed by atoms with Crippen LogP contribution in [0.4, 0.5) is 11.4 Å². The molecule has 5 rings (SSSR count). The predicted molar refractivity (Wildman–Crippen MR) is 123 cm³/mol. The second-order valence-corrected chi connectivity index (χ2v) is 9.90. The van der Waals surface area contributed by atoms with E-state index in [0.717, 1.165) is 12.4 Å². The fourth-order valence-electron chi connectivity index (χ4n) is 4.99. The van der Waals surface area contributed by atoms with Crippen molar-refractivity contribution in [1.29, 1.82) is 0 Å². The van der Waals surface area contributed by atoms with Gasteiger partial charge in [-0.3, -0.25) is 4.99 Å². The van der Waals surface area contributed by atoms with E-state index in [2.05, 4.69) is 78.6 Å². The van der Waals surface area contributed by atoms with Crippen molar-refractivity contribution in [2.24, 2.45) is 4.99 Å². The highest BCUT2D eigenvalue weighted by Gasteiger charge is 2.32. The highest BCUT2D eigenvalue weighted by molar-refractivity contribution is 7.99. The maximum absolute atomic E-state index is 5.06. The van der Waals surface area contributed by atoms with E-state index in [4.69, 9.17) is 4.99 Å². The highest BCUT2D eigenvalue weighted by Crippen LogP contribution is 2.49. The van der Waals surface area contributed by atoms with E-state index >= 15 is 0 Å². The lowest BCUT2D eigenvalue weighted by molar-refractivity contribution is 0.380. The molecule has 1 N–H and O–H groups in total. The molecule has 4 nitrogen and oxygen atoms in total. The fourth-order valence-corrected chi connectivity index (χ4v) is 6.04. The third-order valence-electron chi connectivity index (χ3n) is 6.25. The normalized spacial score (nSPS) is 23.7. The maximum Gasteiger partial charge on any atom is 0.128 e. The maximum atomic E-state index is 5.06. The van der Waals surface area contributed by atoms with E-state index in [1.54, 1.807) is 0 Å². The van der Waals surface area contributed by atoms with E-state index in [1.807, 2.05) is 11.8 Å². The summed E-state index contributed by atoms with van der Waals surface area (Å²) in [5.41, 5.74) is 3.84. The molecule has 0 amide bonds. The number of fused-ring (bicyclic) bond motifs is 3. The van der Waals surface area contributed by atoms with Crippen molar-refractivity contribution in [3.8, 4) is 0 Å². The first-order chi connectivity index (χ1) is 14.1. The van der Waals surface area contributed by atoms with Crippen LogP contribution < -0.4 is 10.2 Å². The minimum Gasteiger partial charge on any atom is -0.365 e. The first-order valence-corrected chi connectivity index (χ1v) is 11.6. The number of nitrogens with zero attached hydrogens (tertiary/aromatic N) is 3. The fraction of sp³-hybridized carbons (Fsp3) is 0.458. The molecule has 2 unspecified atom stereocenters. The van der Waals surface area contributed by atoms with Gasteiger partial charge in [-0.25, -0.2) is 0 Å². The summed E-state index contributed by atoms with van der Waals surface area (Å²) in [6.07, 6.45) is 5.11. The third-order valence-corrected chi connectivity index (χ3v) is 7.38. The van der Waals surface area contributed by atoms with Crippen LogP contribution in [0.5, 0.6) is 0 Å². The van der Waals surface area contributed by atoms with Gasteiger partial charge in [-0.05, 0) is 58.1 Å². The van der Waals surface area contributed by atoms with Crippen molar-refractivity contribution in [3.05, 3.63) is 48.0 Å². The summed E-state index contributed by atoms with van der Waals surface area (Å²) in [4.78, 5) is 12.5. The topological polar surface area (TPSA) is 30.9 Å². The minimum atomic E-state index is 0.377. The van der Waals surface area contributed by atoms with Crippen LogP contribution in [-0.4, -0.2) is 49.5 Å². The smallest absolute Gasteiger partial charge is 0.128 e. The number of likely N-dealkylation sites (N-methyl/N-ethyl adjacent to an activating group) is 1. The van der Waals surface area contributed by atoms with E-state index in [9.17, 15) is 0 Å². The van der Waals surface area contributed by atoms with Gasteiger partial charge in [0.25, 0.3) is 0 Å². The number of para-hydroxylation sites is 1. The van der Waals surface area contributed by atoms with Gasteiger partial charge >= 0.3 is 0 Å². The molecule has 2 aromatic rings. The van der Waals surface area contributed by atoms with E-state index in [0.29, 0.717) is 18.1 Å². The number of amidine groups is 1. The Bertz CT molecular complexity index is 938. The monoisotopic (exact) mass is 406 g/mol. The standard InChI is InChI=1S/C24H30N4S/c1-16(15-27(2)3)28-20-10-6-7-11-22(20)29-23-13-12-17(14-21(23)28)24-25-18-8-4-5-9-19(18)26-24/h6-7,10-14,16,18-19H,4-5,8-9,15H2,1-3H3,(H,25,26)/t16-,18?,19?/m1/s1. The summed E-state index contributed by atoms with van der Waals surface area (Å²) in [5.74, 6) is 1.09. The molecular weight excluding hydrogens is 376 g/mol. The Morgan fingerprint density at radius 3 is 2.72 bits per heavy atom. The Hall–Kier alpha value is -1.98. The van der Waals surface area contributed by atoms with E-state index in [1.165, 1.54) is 52.4 Å². The molecule has 0 radical (unpaired) electrons. The molecule has 2 aliphatic heterocycles. The molecule has 0 bridgehead atoms. The molecule has 3 atom stereocenters. The number of benzene rings is 2. The van der Waals surface area contributed by atoms with Crippen molar-refractivity contribution in [3.63, 3.8) is 0 Å². The molecule has 1 fully saturated rings. The van der Waals surface area contributed by atoms with Crippen LogP contribution in [0.1, 0.15) is 38.2 Å². The molecule has 3 aliphatic rings. The lowest BCUT2D eigenvalue weighted by Crippen LogP contribution is -2.39. The average Bonchev–Trinajstić information content (AvgIpc) is 3.15. The zero-order valence-corrected chi connectivity index (χ0v) is 18.4. The summed E-state index contributed by atoms with van der Waals surface area (Å²) in [7, 11) is 4.30. The van der Waals surface area contributed by atoms with Gasteiger partial charge < -0.3 is 15.1 Å². The van der Waals surface area contributed by atoms with Crippen molar-refractivity contribution >= 4 is 29.0 Å². The highest BCUT2D eigenvalue weighted by atomic mass is 32.2. The van der Waals surface area contributed by atoms with Gasteiger partial charge in [0.05, 0.1) is 17.4 Å². The molecule has 1 saturated carbocycles. The van der Waals surface area contributed by atoms with Crippen molar-refractivity contribution in [1.82, 2.24) is 10.2 Å². The Kier molecular flexibility index (Phi) is 5.04. The first kappa shape index (κ1) is 19.0. The number of anilines is 2. The number of nitrogens with one attached hydrogen (secondary N) is 1. The van der Waals surface area contributed by atoms with Crippen LogP contribution in [0.3, 0.4) is 0 Å². The molecule has 29 heavy (non-hydrogen) atoms. The van der Waals surface area contributed by atoms with Gasteiger partial charge in [-0.1, -0.05) is 42.8 Å². The Labute approximate surface area is 178 Å². The van der Waals surface area contributed by atoms with Crippen LogP contribution in [-0.2, 0) is 0 Å². The van der Waals surface area contributed by atoms with Crippen LogP contribution in [0.2, 0.25) is 0 Å². The number of rotatable bonds is 4. The average molecular weight is 407 g/mol. The summed E-state index contributed by atoms with van der Waals surface area (Å²) in [6.45, 7) is 3.33. The second-order valence-electron chi connectivity index (χ2n) is 8.81. The summed E-state index contributed by atoms with van der Waals surface area (Å²) in [6, 6.07) is 17.0. The van der Waals surface area contributed by atoms with Gasteiger partial charge in [-0.15, -0.1) is 0 Å². The third kappa shape index (κ3) is 3.55. The second kappa shape index (κ2) is 7.69. The van der Waals surface area contributed by atoms with Crippen molar-refractivity contribution < 1.29 is 0 Å². The summed E-state index contributed by atoms with van der Waals surface area (Å²) in [5, 5.41) is 3.73. The quantitative estimate of drug-likeness (QED) is 0.782. The van der Waals surface area contributed by atoms with Crippen LogP contribution in [0.15, 0.2) is 57.2 Å². The Balaban J connectivity index is 1.53. The lowest BCUT2D eigenvalue weighted by atomic mass is 9.92. The molecule has 1 aliphatic carbocycles. The molecule has 152 valence electrons. The number of hydrogen-bond acceptors (Lipinski definition) is 5. The van der Waals surface area contributed by atoms with E-state index < -0.39 is 0 Å². The largest absolute Gasteiger partial charge is 0.365 e. The first-order valence-electron chi connectivity index (χ1n) is 10.8. The molecule has 2 heterocycles. The molecular formula is C24H30N4S. The summed E-state index contributed by atoms with van der Waals surface area (Å²) < 4.78 is 0. The Morgan fingerprint density at radius 1 is 1.10 bits per heavy atom. The molecule has 5 heteroatoms. The van der Waals surface area contributed by atoms with Gasteiger partial charge in [-0.2, -0.15) is 0 Å². The minimum absolute atomic E-state index is 0.377. The van der Waals surface area contributed by atoms with Crippen molar-refractivity contribution in [2.75, 3.05) is 25.5 Å². The van der Waals surface area contributed by atoms with Gasteiger partial charge in [0.2, 0.25) is 0 Å². The van der Waals surface area contributed by atoms with Crippen LogP contribution >= 0.6 is 11.8 Å². The Morgan fingerprint density at radius 2 is 1.90 bits per heavy atom. The molecule has 0 aromatic heterocycles. The van der Waals surface area contributed by atoms with Gasteiger partial charge in [0.15, 0.2) is 0 Å². The zero-order chi connectivity index (χ0) is 20.0. The van der Waals surface area contributed by atoms with Crippen molar-refractivity contribution in [2.45, 2.75) is 60.5 Å². The van der Waals surface area contributed by atoms with Gasteiger partial charge in [0.1, 0.15) is 5.84 Å². The molecule has 0 saturated heterocycles. The van der Waals surface area contributed by atoms with Crippen LogP contribution in [0.25, 0.3) is 0 Å². The van der Waals surface area contributed by atoms with Gasteiger partial charge in [0, 0.05) is 34.0 Å². The predicted octanol–water partition coefficient (Wildman–Crippen LogP) is 4.90.